The number of para-hydroxylation sites is 6. The van der Waals surface area contributed by atoms with Gasteiger partial charge in [-0.1, -0.05) is 95.6 Å². The standard InChI is InChI=1S/C56H44N5O3.Pt/c1-55(2,3)35-22-25-43-42(28-35)41-24-23-40(33-48(41)60(43)53-29-36(26-27-57-53)56(4,5)6)62-39-15-13-14-37(30-39)58-34-59(45-17-8-7-16-44(45)58)38-31-51-54-52(32-38)64-50-21-12-10-19-47(50)61(54)46-18-9-11-20-49(46)63-51;/h7-29,31-32,34H,1-6H3;/q-3;. The van der Waals surface area contributed by atoms with E-state index in [1.54, 1.807) is 0 Å². The van der Waals surface area contributed by atoms with E-state index < -0.39 is 0 Å². The van der Waals surface area contributed by atoms with E-state index in [-0.39, 0.29) is 31.9 Å². The molecule has 0 saturated carbocycles. The van der Waals surface area contributed by atoms with Gasteiger partial charge in [-0.15, -0.1) is 48.1 Å². The number of fused-ring (bicyclic) bond motifs is 8. The molecule has 3 aliphatic rings. The fraction of sp³-hybridized carbons (Fsp3) is 0.143. The molecule has 9 aromatic rings. The Balaban J connectivity index is 0.00000469. The molecule has 0 N–H and O–H groups in total. The van der Waals surface area contributed by atoms with Crippen molar-refractivity contribution in [3.05, 3.63) is 182 Å². The number of pyridine rings is 1. The number of aromatic nitrogens is 2. The largest absolute Gasteiger partial charge is 0.509 e. The van der Waals surface area contributed by atoms with Gasteiger partial charge in [-0.25, -0.2) is 4.98 Å². The van der Waals surface area contributed by atoms with Gasteiger partial charge in [0.15, 0.2) is 23.0 Å². The van der Waals surface area contributed by atoms with Crippen LogP contribution in [0, 0.1) is 18.8 Å². The number of hydrogen-bond acceptors (Lipinski definition) is 7. The van der Waals surface area contributed by atoms with Crippen molar-refractivity contribution in [2.24, 2.45) is 0 Å². The summed E-state index contributed by atoms with van der Waals surface area (Å²) < 4.78 is 22.1. The van der Waals surface area contributed by atoms with Gasteiger partial charge in [0, 0.05) is 73.5 Å². The Kier molecular flexibility index (Phi) is 9.42. The topological polar surface area (TPSA) is 55.2 Å². The third-order valence-corrected chi connectivity index (χ3v) is 12.4. The first-order valence-electron chi connectivity index (χ1n) is 21.7. The van der Waals surface area contributed by atoms with Crippen LogP contribution < -0.4 is 28.9 Å². The van der Waals surface area contributed by atoms with Gasteiger partial charge in [0.25, 0.3) is 0 Å². The van der Waals surface area contributed by atoms with Gasteiger partial charge in [0.1, 0.15) is 11.5 Å². The van der Waals surface area contributed by atoms with E-state index in [0.29, 0.717) is 23.0 Å². The number of anilines is 7. The zero-order valence-electron chi connectivity index (χ0n) is 36.8. The SMILES string of the molecule is CC(C)(C)c1ccnc(-n2c3[c-]c(Oc4[c-]c(N5[CH-]N(c6cc7c8c(c6)Oc6ccccc6N8c6ccccc6O7)c6ccccc65)ccc4)ccc3c3cc(C(C)(C)C)ccc32)c1.[Pt]. The molecule has 0 amide bonds. The molecule has 5 heterocycles. The molecule has 2 aromatic heterocycles. The molecular weight excluding hydrogens is 986 g/mol. The van der Waals surface area contributed by atoms with E-state index in [0.717, 1.165) is 78.9 Å². The predicted molar refractivity (Wildman–Crippen MR) is 256 cm³/mol. The summed E-state index contributed by atoms with van der Waals surface area (Å²) in [5.74, 6) is 5.00. The summed E-state index contributed by atoms with van der Waals surface area (Å²) >= 11 is 0. The van der Waals surface area contributed by atoms with Crippen molar-refractivity contribution >= 4 is 61.6 Å². The Morgan fingerprint density at radius 2 is 1.17 bits per heavy atom. The van der Waals surface area contributed by atoms with Crippen LogP contribution in [0.15, 0.2) is 152 Å². The van der Waals surface area contributed by atoms with Crippen LogP contribution in [-0.2, 0) is 31.9 Å². The van der Waals surface area contributed by atoms with Crippen molar-refractivity contribution in [2.75, 3.05) is 14.7 Å². The summed E-state index contributed by atoms with van der Waals surface area (Å²) in [6.45, 7) is 15.5. The molecular formula is C56H44N5O3Pt-3. The Hall–Kier alpha value is -7.02. The number of hydrogen-bond donors (Lipinski definition) is 0. The molecule has 0 fully saturated rings. The smallest absolute Gasteiger partial charge is 0.157 e. The third kappa shape index (κ3) is 6.73. The summed E-state index contributed by atoms with van der Waals surface area (Å²) in [5.41, 5.74) is 10.9. The summed E-state index contributed by atoms with van der Waals surface area (Å²) in [6, 6.07) is 57.2. The van der Waals surface area contributed by atoms with E-state index in [4.69, 9.17) is 19.2 Å². The second-order valence-corrected chi connectivity index (χ2v) is 18.7. The first kappa shape index (κ1) is 40.7. The van der Waals surface area contributed by atoms with Gasteiger partial charge < -0.3 is 28.6 Å². The van der Waals surface area contributed by atoms with Gasteiger partial charge in [0.2, 0.25) is 0 Å². The minimum atomic E-state index is -0.0416. The summed E-state index contributed by atoms with van der Waals surface area (Å²) in [7, 11) is 0. The third-order valence-electron chi connectivity index (χ3n) is 12.4. The van der Waals surface area contributed by atoms with Crippen LogP contribution in [0.3, 0.4) is 0 Å². The molecule has 7 aromatic carbocycles. The normalized spacial score (nSPS) is 13.7. The molecule has 0 aliphatic carbocycles. The van der Waals surface area contributed by atoms with E-state index in [2.05, 4.69) is 165 Å². The van der Waals surface area contributed by atoms with Crippen molar-refractivity contribution in [3.63, 3.8) is 0 Å². The van der Waals surface area contributed by atoms with Crippen LogP contribution in [0.1, 0.15) is 52.7 Å². The predicted octanol–water partition coefficient (Wildman–Crippen LogP) is 15.3. The van der Waals surface area contributed by atoms with Gasteiger partial charge in [-0.05, 0) is 81.9 Å². The van der Waals surface area contributed by atoms with Gasteiger partial charge >= 0.3 is 0 Å². The van der Waals surface area contributed by atoms with Crippen molar-refractivity contribution < 1.29 is 35.3 Å². The van der Waals surface area contributed by atoms with Crippen molar-refractivity contribution in [1.29, 1.82) is 0 Å². The van der Waals surface area contributed by atoms with Crippen LogP contribution in [0.4, 0.5) is 39.8 Å². The molecule has 65 heavy (non-hydrogen) atoms. The Morgan fingerprint density at radius 1 is 0.554 bits per heavy atom. The maximum atomic E-state index is 6.66. The van der Waals surface area contributed by atoms with Crippen molar-refractivity contribution in [3.8, 4) is 40.3 Å². The summed E-state index contributed by atoms with van der Waals surface area (Å²) in [5, 5.41) is 2.24. The number of benzene rings is 7. The summed E-state index contributed by atoms with van der Waals surface area (Å²) in [6.07, 6.45) is 1.90. The molecule has 8 nitrogen and oxygen atoms in total. The van der Waals surface area contributed by atoms with Crippen LogP contribution in [0.5, 0.6) is 34.5 Å². The Labute approximate surface area is 393 Å². The zero-order chi connectivity index (χ0) is 43.5. The quantitative estimate of drug-likeness (QED) is 0.159. The minimum absolute atomic E-state index is 0. The van der Waals surface area contributed by atoms with E-state index in [1.807, 2.05) is 66.9 Å². The second kappa shape index (κ2) is 15.0. The molecule has 0 unspecified atom stereocenters. The molecule has 0 bridgehead atoms. The van der Waals surface area contributed by atoms with Crippen LogP contribution in [0.25, 0.3) is 27.6 Å². The molecule has 9 heteroatoms. The molecule has 3 aliphatic heterocycles. The fourth-order valence-electron chi connectivity index (χ4n) is 9.11. The maximum absolute atomic E-state index is 6.66. The van der Waals surface area contributed by atoms with E-state index >= 15 is 0 Å². The molecule has 0 radical (unpaired) electrons. The van der Waals surface area contributed by atoms with E-state index in [9.17, 15) is 0 Å². The molecule has 0 spiro atoms. The van der Waals surface area contributed by atoms with Gasteiger partial charge in [0.05, 0.1) is 11.4 Å². The number of rotatable bonds is 5. The van der Waals surface area contributed by atoms with Crippen LogP contribution in [-0.4, -0.2) is 9.55 Å². The average molecular weight is 1030 g/mol. The molecule has 12 rings (SSSR count). The first-order valence-corrected chi connectivity index (χ1v) is 21.7. The molecule has 324 valence electrons. The maximum Gasteiger partial charge on any atom is 0.157 e. The Bertz CT molecular complexity index is 3290. The minimum Gasteiger partial charge on any atom is -0.509 e. The molecule has 0 saturated heterocycles. The Morgan fingerprint density at radius 3 is 1.85 bits per heavy atom. The van der Waals surface area contributed by atoms with Crippen LogP contribution in [0.2, 0.25) is 0 Å². The summed E-state index contributed by atoms with van der Waals surface area (Å²) in [4.78, 5) is 11.4. The zero-order valence-corrected chi connectivity index (χ0v) is 39.1. The van der Waals surface area contributed by atoms with Gasteiger partial charge in [-0.3, -0.25) is 4.90 Å². The van der Waals surface area contributed by atoms with E-state index in [1.165, 1.54) is 11.1 Å². The number of ether oxygens (including phenoxy) is 3. The van der Waals surface area contributed by atoms with Crippen LogP contribution >= 0.6 is 0 Å². The van der Waals surface area contributed by atoms with Crippen molar-refractivity contribution in [2.45, 2.75) is 52.4 Å². The second-order valence-electron chi connectivity index (χ2n) is 18.7. The molecule has 0 atom stereocenters. The average Bonchev–Trinajstić information content (AvgIpc) is 3.84. The number of nitrogens with zero attached hydrogens (tertiary/aromatic N) is 5. The fourth-order valence-corrected chi connectivity index (χ4v) is 9.11. The monoisotopic (exact) mass is 1030 g/mol. The van der Waals surface area contributed by atoms with Crippen molar-refractivity contribution in [1.82, 2.24) is 9.55 Å². The van der Waals surface area contributed by atoms with Gasteiger partial charge in [-0.2, -0.15) is 12.1 Å². The first-order chi connectivity index (χ1) is 31.0.